The quantitative estimate of drug-likeness (QED) is 0.794. The largest absolute Gasteiger partial charge is 0.351 e. The molecule has 1 aromatic heterocycles. The van der Waals surface area contributed by atoms with Gasteiger partial charge in [0.1, 0.15) is 6.33 Å². The van der Waals surface area contributed by atoms with Crippen molar-refractivity contribution in [3.8, 4) is 11.4 Å². The minimum atomic E-state index is -3.34. The summed E-state index contributed by atoms with van der Waals surface area (Å²) in [6.45, 7) is 4.05. The molecule has 1 N–H and O–H groups in total. The smallest absolute Gasteiger partial charge is 0.251 e. The van der Waals surface area contributed by atoms with Gasteiger partial charge in [-0.25, -0.2) is 22.4 Å². The molecule has 2 aromatic rings. The van der Waals surface area contributed by atoms with Crippen LogP contribution in [0.15, 0.2) is 30.6 Å². The number of sulfonamides is 1. The second kappa shape index (κ2) is 7.75. The van der Waals surface area contributed by atoms with E-state index in [0.717, 1.165) is 9.87 Å². The van der Waals surface area contributed by atoms with Crippen LogP contribution in [0, 0.1) is 0 Å². The van der Waals surface area contributed by atoms with Gasteiger partial charge in [-0.2, -0.15) is 5.10 Å². The molecule has 0 aliphatic heterocycles. The van der Waals surface area contributed by atoms with E-state index in [1.165, 1.54) is 20.4 Å². The summed E-state index contributed by atoms with van der Waals surface area (Å²) in [5.41, 5.74) is 1.22. The standard InChI is InChI=1S/C16H23N5O3S/c1-12(2)21-15(18-11-19-21)13-6-5-7-14(10-13)16(22)17-8-9-25(23,24)20(3)4/h5-7,10-12H,8-9H2,1-4H3,(H,17,22). The molecule has 0 unspecified atom stereocenters. The van der Waals surface area contributed by atoms with Crippen LogP contribution in [0.4, 0.5) is 0 Å². The number of nitrogens with zero attached hydrogens (tertiary/aromatic N) is 4. The first-order valence-electron chi connectivity index (χ1n) is 7.90. The maximum Gasteiger partial charge on any atom is 0.251 e. The molecule has 0 spiro atoms. The molecule has 0 atom stereocenters. The van der Waals surface area contributed by atoms with E-state index in [9.17, 15) is 13.2 Å². The summed E-state index contributed by atoms with van der Waals surface area (Å²) in [6, 6.07) is 7.16. The Morgan fingerprint density at radius 1 is 1.32 bits per heavy atom. The number of hydrogen-bond donors (Lipinski definition) is 1. The summed E-state index contributed by atoms with van der Waals surface area (Å²) in [4.78, 5) is 16.5. The van der Waals surface area contributed by atoms with Crippen LogP contribution in [0.5, 0.6) is 0 Å². The van der Waals surface area contributed by atoms with Crippen LogP contribution in [-0.4, -0.2) is 59.8 Å². The van der Waals surface area contributed by atoms with E-state index >= 15 is 0 Å². The molecule has 8 nitrogen and oxygen atoms in total. The Balaban J connectivity index is 2.11. The van der Waals surface area contributed by atoms with Crippen LogP contribution in [0.2, 0.25) is 0 Å². The van der Waals surface area contributed by atoms with E-state index in [0.29, 0.717) is 11.4 Å². The second-order valence-corrected chi connectivity index (χ2v) is 8.36. The number of benzene rings is 1. The van der Waals surface area contributed by atoms with Crippen molar-refractivity contribution in [3.63, 3.8) is 0 Å². The van der Waals surface area contributed by atoms with Gasteiger partial charge in [-0.05, 0) is 26.0 Å². The maximum atomic E-state index is 12.3. The van der Waals surface area contributed by atoms with Gasteiger partial charge in [0.05, 0.1) is 5.75 Å². The monoisotopic (exact) mass is 365 g/mol. The lowest BCUT2D eigenvalue weighted by Crippen LogP contribution is -2.33. The molecule has 1 heterocycles. The first-order valence-corrected chi connectivity index (χ1v) is 9.51. The van der Waals surface area contributed by atoms with E-state index < -0.39 is 10.0 Å². The first-order chi connectivity index (χ1) is 11.7. The topological polar surface area (TPSA) is 97.2 Å². The highest BCUT2D eigenvalue weighted by molar-refractivity contribution is 7.89. The number of aromatic nitrogens is 3. The third-order valence-electron chi connectivity index (χ3n) is 3.65. The number of amides is 1. The molecule has 0 aliphatic rings. The fraction of sp³-hybridized carbons (Fsp3) is 0.438. The summed E-state index contributed by atoms with van der Waals surface area (Å²) in [5.74, 6) is 0.207. The average molecular weight is 365 g/mol. The lowest BCUT2D eigenvalue weighted by Gasteiger charge is -2.12. The fourth-order valence-corrected chi connectivity index (χ4v) is 2.94. The van der Waals surface area contributed by atoms with Crippen LogP contribution in [0.25, 0.3) is 11.4 Å². The Labute approximate surface area is 147 Å². The van der Waals surface area contributed by atoms with E-state index in [2.05, 4.69) is 15.4 Å². The van der Waals surface area contributed by atoms with E-state index in [-0.39, 0.29) is 24.2 Å². The van der Waals surface area contributed by atoms with Crippen molar-refractivity contribution in [2.75, 3.05) is 26.4 Å². The molecule has 2 rings (SSSR count). The number of rotatable bonds is 7. The molecule has 0 radical (unpaired) electrons. The van der Waals surface area contributed by atoms with Gasteiger partial charge in [-0.3, -0.25) is 4.79 Å². The zero-order valence-electron chi connectivity index (χ0n) is 14.8. The molecule has 0 saturated heterocycles. The molecule has 136 valence electrons. The minimum Gasteiger partial charge on any atom is -0.351 e. The SMILES string of the molecule is CC(C)n1ncnc1-c1cccc(C(=O)NCCS(=O)(=O)N(C)C)c1. The van der Waals surface area contributed by atoms with Crippen LogP contribution in [0.1, 0.15) is 30.2 Å². The normalized spacial score (nSPS) is 11.9. The van der Waals surface area contributed by atoms with Gasteiger partial charge in [0.25, 0.3) is 5.91 Å². The molecular weight excluding hydrogens is 342 g/mol. The Morgan fingerprint density at radius 2 is 2.04 bits per heavy atom. The zero-order chi connectivity index (χ0) is 18.6. The van der Waals surface area contributed by atoms with Crippen molar-refractivity contribution in [2.24, 2.45) is 0 Å². The van der Waals surface area contributed by atoms with Crippen molar-refractivity contribution in [2.45, 2.75) is 19.9 Å². The van der Waals surface area contributed by atoms with Gasteiger partial charge in [-0.1, -0.05) is 12.1 Å². The lowest BCUT2D eigenvalue weighted by atomic mass is 10.1. The van der Waals surface area contributed by atoms with Crippen LogP contribution in [-0.2, 0) is 10.0 Å². The predicted octanol–water partition coefficient (Wildman–Crippen LogP) is 1.15. The molecule has 0 fully saturated rings. The maximum absolute atomic E-state index is 12.3. The summed E-state index contributed by atoms with van der Waals surface area (Å²) in [6.07, 6.45) is 1.48. The molecule has 1 amide bonds. The Bertz CT molecular complexity index is 843. The highest BCUT2D eigenvalue weighted by Gasteiger charge is 2.15. The van der Waals surface area contributed by atoms with Crippen molar-refractivity contribution < 1.29 is 13.2 Å². The van der Waals surface area contributed by atoms with Crippen LogP contribution < -0.4 is 5.32 Å². The predicted molar refractivity (Wildman–Crippen MR) is 95.7 cm³/mol. The second-order valence-electron chi connectivity index (χ2n) is 6.06. The first kappa shape index (κ1) is 19.1. The fourth-order valence-electron chi connectivity index (χ4n) is 2.21. The molecule has 0 aliphatic carbocycles. The Kier molecular flexibility index (Phi) is 5.91. The summed E-state index contributed by atoms with van der Waals surface area (Å²) >= 11 is 0. The third-order valence-corrected chi connectivity index (χ3v) is 5.48. The zero-order valence-corrected chi connectivity index (χ0v) is 15.6. The van der Waals surface area contributed by atoms with E-state index in [1.807, 2.05) is 19.9 Å². The third kappa shape index (κ3) is 4.64. The van der Waals surface area contributed by atoms with Gasteiger partial charge in [0.2, 0.25) is 10.0 Å². The molecule has 9 heteroatoms. The number of carbonyl (C=O) groups is 1. The van der Waals surface area contributed by atoms with Crippen molar-refractivity contribution in [1.82, 2.24) is 24.4 Å². The van der Waals surface area contributed by atoms with Crippen LogP contribution >= 0.6 is 0 Å². The van der Waals surface area contributed by atoms with Crippen molar-refractivity contribution in [1.29, 1.82) is 0 Å². The molecule has 0 bridgehead atoms. The van der Waals surface area contributed by atoms with Crippen molar-refractivity contribution in [3.05, 3.63) is 36.2 Å². The number of hydrogen-bond acceptors (Lipinski definition) is 5. The van der Waals surface area contributed by atoms with E-state index in [1.54, 1.807) is 22.9 Å². The van der Waals surface area contributed by atoms with Gasteiger partial charge < -0.3 is 5.32 Å². The summed E-state index contributed by atoms with van der Waals surface area (Å²) in [7, 11) is -0.410. The molecule has 25 heavy (non-hydrogen) atoms. The molecular formula is C16H23N5O3S. The number of carbonyl (C=O) groups excluding carboxylic acids is 1. The lowest BCUT2D eigenvalue weighted by molar-refractivity contribution is 0.0956. The molecule has 0 saturated carbocycles. The van der Waals surface area contributed by atoms with Gasteiger partial charge >= 0.3 is 0 Å². The van der Waals surface area contributed by atoms with Gasteiger partial charge in [-0.15, -0.1) is 0 Å². The van der Waals surface area contributed by atoms with Gasteiger partial charge in [0, 0.05) is 37.8 Å². The van der Waals surface area contributed by atoms with Gasteiger partial charge in [0.15, 0.2) is 5.82 Å². The average Bonchev–Trinajstić information content (AvgIpc) is 3.04. The minimum absolute atomic E-state index is 0.0474. The Hall–Kier alpha value is -2.26. The Morgan fingerprint density at radius 3 is 2.68 bits per heavy atom. The van der Waals surface area contributed by atoms with E-state index in [4.69, 9.17) is 0 Å². The highest BCUT2D eigenvalue weighted by Crippen LogP contribution is 2.20. The summed E-state index contributed by atoms with van der Waals surface area (Å²) < 4.78 is 26.3. The summed E-state index contributed by atoms with van der Waals surface area (Å²) in [5, 5.41) is 6.83. The number of nitrogens with one attached hydrogen (secondary N) is 1. The highest BCUT2D eigenvalue weighted by atomic mass is 32.2. The van der Waals surface area contributed by atoms with Crippen molar-refractivity contribution >= 4 is 15.9 Å². The van der Waals surface area contributed by atoms with Crippen LogP contribution in [0.3, 0.4) is 0 Å². The molecule has 1 aromatic carbocycles.